The van der Waals surface area contributed by atoms with Gasteiger partial charge in [0, 0.05) is 5.92 Å². The van der Waals surface area contributed by atoms with Crippen LogP contribution in [0.15, 0.2) is 84.9 Å². The maximum atomic E-state index is 9.78. The van der Waals surface area contributed by atoms with Crippen LogP contribution < -0.4 is 0 Å². The Morgan fingerprint density at radius 3 is 1.35 bits per heavy atom. The summed E-state index contributed by atoms with van der Waals surface area (Å²) in [7, 11) is 0. The number of hydrogen-bond donors (Lipinski definition) is 1. The Balaban J connectivity index is 2.18. The fraction of sp³-hybridized carbons (Fsp3) is 0.280. The van der Waals surface area contributed by atoms with E-state index in [9.17, 15) is 5.11 Å². The van der Waals surface area contributed by atoms with Gasteiger partial charge in [0.15, 0.2) is 0 Å². The molecular formula is C25H28O. The van der Waals surface area contributed by atoms with Gasteiger partial charge in [0.2, 0.25) is 0 Å². The molecule has 0 spiro atoms. The summed E-state index contributed by atoms with van der Waals surface area (Å²) in [6.07, 6.45) is 0. The second-order valence-electron chi connectivity index (χ2n) is 8.20. The summed E-state index contributed by atoms with van der Waals surface area (Å²) >= 11 is 0. The molecule has 3 aromatic rings. The summed E-state index contributed by atoms with van der Waals surface area (Å²) in [6, 6.07) is 29.2. The minimum Gasteiger partial charge on any atom is -0.508 e. The van der Waals surface area contributed by atoms with Crippen molar-refractivity contribution in [2.75, 3.05) is 0 Å². The van der Waals surface area contributed by atoms with E-state index in [2.05, 4.69) is 100 Å². The molecule has 0 unspecified atom stereocenters. The van der Waals surface area contributed by atoms with E-state index in [0.717, 1.165) is 0 Å². The third-order valence-electron chi connectivity index (χ3n) is 5.71. The third kappa shape index (κ3) is 3.39. The van der Waals surface area contributed by atoms with Crippen LogP contribution in [0.2, 0.25) is 0 Å². The van der Waals surface area contributed by atoms with E-state index in [-0.39, 0.29) is 16.7 Å². The highest BCUT2D eigenvalue weighted by Crippen LogP contribution is 2.50. The molecule has 0 fully saturated rings. The zero-order valence-corrected chi connectivity index (χ0v) is 16.1. The van der Waals surface area contributed by atoms with Crippen LogP contribution in [-0.2, 0) is 10.8 Å². The Morgan fingerprint density at radius 2 is 0.962 bits per heavy atom. The van der Waals surface area contributed by atoms with Gasteiger partial charge in [-0.25, -0.2) is 0 Å². The van der Waals surface area contributed by atoms with Crippen LogP contribution in [-0.4, -0.2) is 5.11 Å². The van der Waals surface area contributed by atoms with Crippen molar-refractivity contribution in [3.05, 3.63) is 102 Å². The molecule has 0 aliphatic carbocycles. The molecule has 0 saturated heterocycles. The van der Waals surface area contributed by atoms with Gasteiger partial charge in [-0.3, -0.25) is 0 Å². The van der Waals surface area contributed by atoms with Crippen molar-refractivity contribution in [2.45, 2.75) is 44.4 Å². The summed E-state index contributed by atoms with van der Waals surface area (Å²) in [5.41, 5.74) is 3.71. The molecule has 1 N–H and O–H groups in total. The van der Waals surface area contributed by atoms with Crippen LogP contribution in [0.1, 0.15) is 50.3 Å². The number of aromatic hydroxyl groups is 1. The first kappa shape index (κ1) is 18.3. The van der Waals surface area contributed by atoms with Crippen LogP contribution in [0, 0.1) is 0 Å². The SMILES string of the molecule is CC(C)(c1ccccc1)C(c1ccc(O)cc1)C(C)(C)c1ccccc1. The molecule has 0 aromatic heterocycles. The normalized spacial score (nSPS) is 12.3. The lowest BCUT2D eigenvalue weighted by Crippen LogP contribution is -2.40. The fourth-order valence-electron chi connectivity index (χ4n) is 4.47. The van der Waals surface area contributed by atoms with Gasteiger partial charge in [-0.1, -0.05) is 100 Å². The van der Waals surface area contributed by atoms with E-state index in [4.69, 9.17) is 0 Å². The first-order valence-electron chi connectivity index (χ1n) is 9.23. The summed E-state index contributed by atoms with van der Waals surface area (Å²) in [5.74, 6) is 0.544. The summed E-state index contributed by atoms with van der Waals surface area (Å²) in [5, 5.41) is 9.78. The molecule has 3 rings (SSSR count). The van der Waals surface area contributed by atoms with Crippen molar-refractivity contribution < 1.29 is 5.11 Å². The van der Waals surface area contributed by atoms with Crippen LogP contribution in [0.5, 0.6) is 5.75 Å². The number of hydrogen-bond acceptors (Lipinski definition) is 1. The molecule has 0 heterocycles. The standard InChI is InChI=1S/C25H28O/c1-24(2,20-11-7-5-8-12-20)23(19-15-17-22(26)18-16-19)25(3,4)21-13-9-6-10-14-21/h5-18,23,26H,1-4H3. The lowest BCUT2D eigenvalue weighted by Gasteiger charge is -2.46. The average Bonchev–Trinajstić information content (AvgIpc) is 2.65. The summed E-state index contributed by atoms with van der Waals surface area (Å²) < 4.78 is 0. The van der Waals surface area contributed by atoms with E-state index in [1.54, 1.807) is 12.1 Å². The molecule has 26 heavy (non-hydrogen) atoms. The molecule has 0 atom stereocenters. The molecule has 3 aromatic carbocycles. The topological polar surface area (TPSA) is 20.2 Å². The molecule has 0 aliphatic rings. The molecule has 1 nitrogen and oxygen atoms in total. The second-order valence-corrected chi connectivity index (χ2v) is 8.20. The lowest BCUT2D eigenvalue weighted by atomic mass is 9.57. The number of phenolic OH excluding ortho intramolecular Hbond substituents is 1. The Morgan fingerprint density at radius 1 is 0.577 bits per heavy atom. The van der Waals surface area contributed by atoms with E-state index in [1.807, 2.05) is 0 Å². The van der Waals surface area contributed by atoms with Crippen molar-refractivity contribution in [1.82, 2.24) is 0 Å². The molecule has 0 aliphatic heterocycles. The predicted octanol–water partition coefficient (Wildman–Crippen LogP) is 6.43. The number of benzene rings is 3. The highest BCUT2D eigenvalue weighted by atomic mass is 16.3. The zero-order chi connectivity index (χ0) is 18.8. The Hall–Kier alpha value is -2.54. The van der Waals surface area contributed by atoms with Gasteiger partial charge < -0.3 is 5.11 Å². The van der Waals surface area contributed by atoms with Crippen molar-refractivity contribution in [1.29, 1.82) is 0 Å². The molecule has 0 amide bonds. The molecule has 0 saturated carbocycles. The Labute approximate surface area is 157 Å². The zero-order valence-electron chi connectivity index (χ0n) is 16.1. The van der Waals surface area contributed by atoms with Crippen molar-refractivity contribution >= 4 is 0 Å². The maximum Gasteiger partial charge on any atom is 0.115 e. The Kier molecular flexibility index (Phi) is 4.91. The second kappa shape index (κ2) is 6.99. The van der Waals surface area contributed by atoms with Gasteiger partial charge in [-0.15, -0.1) is 0 Å². The highest BCUT2D eigenvalue weighted by molar-refractivity contribution is 5.41. The van der Waals surface area contributed by atoms with Gasteiger partial charge in [-0.2, -0.15) is 0 Å². The first-order chi connectivity index (χ1) is 12.3. The van der Waals surface area contributed by atoms with Crippen LogP contribution in [0.3, 0.4) is 0 Å². The molecule has 1 heteroatoms. The van der Waals surface area contributed by atoms with Crippen LogP contribution in [0.25, 0.3) is 0 Å². The van der Waals surface area contributed by atoms with Crippen molar-refractivity contribution in [3.8, 4) is 5.75 Å². The maximum absolute atomic E-state index is 9.78. The number of phenols is 1. The average molecular weight is 344 g/mol. The molecule has 0 radical (unpaired) electrons. The smallest absolute Gasteiger partial charge is 0.115 e. The van der Waals surface area contributed by atoms with Crippen LogP contribution >= 0.6 is 0 Å². The molecule has 0 bridgehead atoms. The highest BCUT2D eigenvalue weighted by Gasteiger charge is 2.43. The summed E-state index contributed by atoms with van der Waals surface area (Å²) in [4.78, 5) is 0. The van der Waals surface area contributed by atoms with Crippen molar-refractivity contribution in [3.63, 3.8) is 0 Å². The van der Waals surface area contributed by atoms with Gasteiger partial charge >= 0.3 is 0 Å². The monoisotopic (exact) mass is 344 g/mol. The lowest BCUT2D eigenvalue weighted by molar-refractivity contribution is 0.282. The Bertz CT molecular complexity index is 779. The number of rotatable bonds is 5. The van der Waals surface area contributed by atoms with E-state index in [1.165, 1.54) is 16.7 Å². The molecule has 134 valence electrons. The minimum atomic E-state index is -0.0857. The molecular weight excluding hydrogens is 316 g/mol. The van der Waals surface area contributed by atoms with Crippen molar-refractivity contribution in [2.24, 2.45) is 0 Å². The fourth-order valence-corrected chi connectivity index (χ4v) is 4.47. The van der Waals surface area contributed by atoms with Gasteiger partial charge in [0.25, 0.3) is 0 Å². The van der Waals surface area contributed by atoms with E-state index in [0.29, 0.717) is 5.75 Å². The summed E-state index contributed by atoms with van der Waals surface area (Å²) in [6.45, 7) is 9.30. The quantitative estimate of drug-likeness (QED) is 0.565. The van der Waals surface area contributed by atoms with Crippen LogP contribution in [0.4, 0.5) is 0 Å². The van der Waals surface area contributed by atoms with E-state index >= 15 is 0 Å². The largest absolute Gasteiger partial charge is 0.508 e. The first-order valence-corrected chi connectivity index (χ1v) is 9.23. The van der Waals surface area contributed by atoms with Gasteiger partial charge in [0.05, 0.1) is 0 Å². The third-order valence-corrected chi connectivity index (χ3v) is 5.71. The minimum absolute atomic E-state index is 0.0857. The van der Waals surface area contributed by atoms with E-state index < -0.39 is 0 Å². The van der Waals surface area contributed by atoms with Gasteiger partial charge in [0.1, 0.15) is 5.75 Å². The predicted molar refractivity (Wildman–Crippen MR) is 110 cm³/mol. The van der Waals surface area contributed by atoms with Gasteiger partial charge in [-0.05, 0) is 39.7 Å².